The summed E-state index contributed by atoms with van der Waals surface area (Å²) in [6, 6.07) is 12.3. The largest absolute Gasteiger partial charge is 0.524 e. The van der Waals surface area contributed by atoms with Gasteiger partial charge in [-0.3, -0.25) is 19.7 Å². The molecule has 1 saturated heterocycles. The summed E-state index contributed by atoms with van der Waals surface area (Å²) in [5.41, 5.74) is 3.29. The van der Waals surface area contributed by atoms with Crippen LogP contribution in [0.4, 0.5) is 17.3 Å². The molecule has 1 aliphatic heterocycles. The number of hydrogen-bond acceptors (Lipinski definition) is 9. The zero-order valence-electron chi connectivity index (χ0n) is 21.5. The van der Waals surface area contributed by atoms with Gasteiger partial charge in [0, 0.05) is 49.9 Å². The Hall–Kier alpha value is -3.80. The van der Waals surface area contributed by atoms with Crippen molar-refractivity contribution in [3.8, 4) is 17.0 Å². The third-order valence-corrected chi connectivity index (χ3v) is 7.16. The summed E-state index contributed by atoms with van der Waals surface area (Å²) < 4.78 is 16.8. The van der Waals surface area contributed by atoms with Crippen LogP contribution in [-0.2, 0) is 15.8 Å². The third kappa shape index (κ3) is 6.33. The van der Waals surface area contributed by atoms with Crippen molar-refractivity contribution in [1.29, 1.82) is 0 Å². The van der Waals surface area contributed by atoms with Crippen molar-refractivity contribution in [2.75, 3.05) is 43.4 Å². The lowest BCUT2D eigenvalue weighted by molar-refractivity contribution is -0.114. The number of nitrogens with one attached hydrogen (secondary N) is 2. The van der Waals surface area contributed by atoms with Gasteiger partial charge in [-0.2, -0.15) is 10.1 Å². The molecule has 4 N–H and O–H groups in total. The van der Waals surface area contributed by atoms with E-state index in [0.717, 1.165) is 18.7 Å². The molecule has 1 aliphatic rings. The minimum atomic E-state index is -4.83. The van der Waals surface area contributed by atoms with Crippen LogP contribution in [0.15, 0.2) is 55.1 Å². The first-order valence-electron chi connectivity index (χ1n) is 12.4. The number of phosphoric ester groups is 1. The second-order valence-corrected chi connectivity index (χ2v) is 10.9. The number of H-pyrrole nitrogens is 1. The fraction of sp³-hybridized carbons (Fsp3) is 0.231. The molecule has 2 aromatic heterocycles. The zero-order valence-corrected chi connectivity index (χ0v) is 23.2. The van der Waals surface area contributed by atoms with Gasteiger partial charge >= 0.3 is 7.82 Å². The molecule has 0 radical (unpaired) electrons. The molecule has 0 amide bonds. The molecule has 14 heteroatoms. The van der Waals surface area contributed by atoms with Crippen LogP contribution >= 0.6 is 19.4 Å². The van der Waals surface area contributed by atoms with Crippen molar-refractivity contribution in [2.24, 2.45) is 0 Å². The number of nitrogens with zero attached hydrogens (tertiary/aromatic N) is 5. The Labute approximate surface area is 234 Å². The topological polar surface area (TPSA) is 157 Å². The minimum absolute atomic E-state index is 0.0339. The fourth-order valence-corrected chi connectivity index (χ4v) is 5.11. The Morgan fingerprint density at radius 2 is 1.98 bits per heavy atom. The first-order valence-corrected chi connectivity index (χ1v) is 14.3. The summed E-state index contributed by atoms with van der Waals surface area (Å²) in [4.78, 5) is 44.4. The van der Waals surface area contributed by atoms with Crippen LogP contribution in [-0.4, -0.2) is 73.9 Å². The molecule has 0 bridgehead atoms. The molecule has 208 valence electrons. The van der Waals surface area contributed by atoms with Gasteiger partial charge in [0.15, 0.2) is 17.2 Å². The molecule has 1 fully saturated rings. The summed E-state index contributed by atoms with van der Waals surface area (Å²) in [5.74, 6) is 0.0985. The Bertz CT molecular complexity index is 1630. The van der Waals surface area contributed by atoms with E-state index in [4.69, 9.17) is 16.1 Å². The molecule has 0 unspecified atom stereocenters. The maximum absolute atomic E-state index is 11.9. The van der Waals surface area contributed by atoms with E-state index in [1.54, 1.807) is 12.1 Å². The Kier molecular flexibility index (Phi) is 7.88. The number of aromatic nitrogens is 4. The molecular formula is C26H27ClN7O5P. The fourth-order valence-electron chi connectivity index (χ4n) is 4.49. The third-order valence-electron chi connectivity index (χ3n) is 6.45. The van der Waals surface area contributed by atoms with E-state index in [0.29, 0.717) is 46.8 Å². The van der Waals surface area contributed by atoms with Crippen LogP contribution in [0.5, 0.6) is 5.75 Å². The summed E-state index contributed by atoms with van der Waals surface area (Å²) in [5, 5.41) is 10.8. The van der Waals surface area contributed by atoms with Gasteiger partial charge < -0.3 is 19.6 Å². The number of phosphoric acid groups is 1. The number of carbonyl (C=O) groups is 1. The number of allylic oxidation sites excluding steroid dienone is 1. The summed E-state index contributed by atoms with van der Waals surface area (Å²) in [7, 11) is -2.81. The minimum Gasteiger partial charge on any atom is -0.402 e. The monoisotopic (exact) mass is 583 g/mol. The molecule has 0 atom stereocenters. The van der Waals surface area contributed by atoms with E-state index in [1.165, 1.54) is 12.1 Å². The Balaban J connectivity index is 1.51. The predicted molar refractivity (Wildman–Crippen MR) is 153 cm³/mol. The van der Waals surface area contributed by atoms with Gasteiger partial charge in [0.25, 0.3) is 0 Å². The van der Waals surface area contributed by atoms with Gasteiger partial charge in [-0.25, -0.2) is 9.55 Å². The molecule has 40 heavy (non-hydrogen) atoms. The average Bonchev–Trinajstić information content (AvgIpc) is 3.28. The number of hydrogen-bond donors (Lipinski definition) is 4. The molecule has 0 saturated carbocycles. The van der Waals surface area contributed by atoms with Crippen molar-refractivity contribution < 1.29 is 23.7 Å². The van der Waals surface area contributed by atoms with E-state index in [9.17, 15) is 19.1 Å². The second-order valence-electron chi connectivity index (χ2n) is 9.36. The zero-order chi connectivity index (χ0) is 28.4. The van der Waals surface area contributed by atoms with Crippen molar-refractivity contribution in [3.05, 3.63) is 65.8 Å². The SMILES string of the molecule is C=CC(=O)Cc1cccc(-c2nc(Nc3ccc(N4CCN(C)CC4)c(OP(=O)(O)O)c3)nc3n[nH]c(Cl)c23)c1. The highest BCUT2D eigenvalue weighted by Gasteiger charge is 2.24. The molecule has 12 nitrogen and oxygen atoms in total. The number of halogens is 1. The molecule has 3 heterocycles. The summed E-state index contributed by atoms with van der Waals surface area (Å²) >= 11 is 6.39. The van der Waals surface area contributed by atoms with Gasteiger partial charge in [0.2, 0.25) is 5.95 Å². The van der Waals surface area contributed by atoms with Crippen LogP contribution < -0.4 is 14.7 Å². The number of ketones is 1. The van der Waals surface area contributed by atoms with Crippen LogP contribution in [0.2, 0.25) is 5.15 Å². The van der Waals surface area contributed by atoms with Gasteiger partial charge in [-0.15, -0.1) is 0 Å². The summed E-state index contributed by atoms with van der Waals surface area (Å²) in [6.45, 7) is 6.51. The molecule has 0 spiro atoms. The number of anilines is 3. The van der Waals surface area contributed by atoms with Crippen LogP contribution in [0.3, 0.4) is 0 Å². The predicted octanol–water partition coefficient (Wildman–Crippen LogP) is 3.94. The summed E-state index contributed by atoms with van der Waals surface area (Å²) in [6.07, 6.45) is 1.47. The first-order chi connectivity index (χ1) is 19.1. The maximum Gasteiger partial charge on any atom is 0.524 e. The van der Waals surface area contributed by atoms with Crippen molar-refractivity contribution in [2.45, 2.75) is 6.42 Å². The van der Waals surface area contributed by atoms with Gasteiger partial charge in [-0.05, 0) is 36.9 Å². The van der Waals surface area contributed by atoms with Gasteiger partial charge in [0.1, 0.15) is 5.15 Å². The number of aromatic amines is 1. The first kappa shape index (κ1) is 27.8. The molecular weight excluding hydrogens is 557 g/mol. The van der Waals surface area contributed by atoms with E-state index < -0.39 is 7.82 Å². The number of piperazine rings is 1. The number of benzene rings is 2. The van der Waals surface area contributed by atoms with E-state index in [2.05, 4.69) is 37.0 Å². The van der Waals surface area contributed by atoms with Crippen LogP contribution in [0, 0.1) is 0 Å². The quantitative estimate of drug-likeness (QED) is 0.167. The molecule has 0 aliphatic carbocycles. The maximum atomic E-state index is 11.9. The molecule has 2 aromatic carbocycles. The lowest BCUT2D eigenvalue weighted by Gasteiger charge is -2.35. The van der Waals surface area contributed by atoms with Crippen LogP contribution in [0.25, 0.3) is 22.3 Å². The highest BCUT2D eigenvalue weighted by molar-refractivity contribution is 7.46. The highest BCUT2D eigenvalue weighted by Crippen LogP contribution is 2.44. The van der Waals surface area contributed by atoms with E-state index >= 15 is 0 Å². The standard InChI is InChI=1S/C26H27ClN7O5P/c1-3-19(35)14-16-5-4-6-17(13-16)23-22-24(27)31-32-25(22)30-26(29-23)28-18-7-8-20(21(15-18)39-40(36,37)38)34-11-9-33(2)10-12-34/h3-8,13,15H,1,9-12,14H2,2H3,(H2,36,37,38)(H2,28,29,30,31,32). The Morgan fingerprint density at radius 3 is 2.70 bits per heavy atom. The van der Waals surface area contributed by atoms with Crippen LogP contribution in [0.1, 0.15) is 5.56 Å². The molecule has 5 rings (SSSR count). The molecule has 4 aromatic rings. The lowest BCUT2D eigenvalue weighted by atomic mass is 10.0. The lowest BCUT2D eigenvalue weighted by Crippen LogP contribution is -2.44. The van der Waals surface area contributed by atoms with Gasteiger partial charge in [0.05, 0.1) is 16.8 Å². The van der Waals surface area contributed by atoms with Crippen molar-refractivity contribution in [3.63, 3.8) is 0 Å². The van der Waals surface area contributed by atoms with E-state index in [-0.39, 0.29) is 29.1 Å². The van der Waals surface area contributed by atoms with Gasteiger partial charge in [-0.1, -0.05) is 36.4 Å². The van der Waals surface area contributed by atoms with Crippen molar-refractivity contribution >= 4 is 53.6 Å². The number of likely N-dealkylation sites (N-methyl/N-ethyl adjacent to an activating group) is 1. The number of rotatable bonds is 9. The normalized spacial score (nSPS) is 14.3. The number of carbonyl (C=O) groups excluding carboxylic acids is 1. The average molecular weight is 584 g/mol. The smallest absolute Gasteiger partial charge is 0.402 e. The Morgan fingerprint density at radius 1 is 1.20 bits per heavy atom. The number of fused-ring (bicyclic) bond motifs is 1. The van der Waals surface area contributed by atoms with E-state index in [1.807, 2.05) is 36.2 Å². The van der Waals surface area contributed by atoms with Crippen molar-refractivity contribution in [1.82, 2.24) is 25.1 Å². The highest BCUT2D eigenvalue weighted by atomic mass is 35.5. The second kappa shape index (κ2) is 11.4.